The average molecular weight is 192 g/mol. The SMILES string of the molecule is C=NCc1ccc(CONC=O)cc1. The number of hydroxylamine groups is 1. The quantitative estimate of drug-likeness (QED) is 0.317. The Morgan fingerprint density at radius 3 is 2.57 bits per heavy atom. The van der Waals surface area contributed by atoms with Crippen LogP contribution < -0.4 is 5.48 Å². The molecule has 1 amide bonds. The molecule has 0 saturated carbocycles. The van der Waals surface area contributed by atoms with Gasteiger partial charge in [-0.1, -0.05) is 24.3 Å². The molecule has 1 aromatic rings. The van der Waals surface area contributed by atoms with Crippen molar-refractivity contribution in [3.8, 4) is 0 Å². The normalized spacial score (nSPS) is 9.43. The smallest absolute Gasteiger partial charge is 0.230 e. The van der Waals surface area contributed by atoms with E-state index in [2.05, 4.69) is 17.2 Å². The Kier molecular flexibility index (Phi) is 4.37. The molecule has 0 atom stereocenters. The van der Waals surface area contributed by atoms with E-state index in [1.807, 2.05) is 24.3 Å². The van der Waals surface area contributed by atoms with Gasteiger partial charge < -0.3 is 0 Å². The Bertz CT molecular complexity index is 295. The van der Waals surface area contributed by atoms with Crippen molar-refractivity contribution in [2.24, 2.45) is 4.99 Å². The van der Waals surface area contributed by atoms with Crippen LogP contribution in [0.1, 0.15) is 11.1 Å². The molecule has 0 saturated heterocycles. The van der Waals surface area contributed by atoms with Crippen LogP contribution in [0.5, 0.6) is 0 Å². The lowest BCUT2D eigenvalue weighted by Gasteiger charge is -2.02. The van der Waals surface area contributed by atoms with Gasteiger partial charge in [-0.3, -0.25) is 14.6 Å². The molecule has 1 rings (SSSR count). The molecule has 0 radical (unpaired) electrons. The highest BCUT2D eigenvalue weighted by Crippen LogP contribution is 2.05. The second-order valence-electron chi connectivity index (χ2n) is 2.72. The maximum absolute atomic E-state index is 9.88. The third kappa shape index (κ3) is 3.37. The van der Waals surface area contributed by atoms with Crippen LogP contribution in [0.25, 0.3) is 0 Å². The number of rotatable bonds is 6. The van der Waals surface area contributed by atoms with Crippen LogP contribution in [-0.2, 0) is 22.8 Å². The van der Waals surface area contributed by atoms with Crippen LogP contribution in [0.2, 0.25) is 0 Å². The highest BCUT2D eigenvalue weighted by molar-refractivity contribution is 5.43. The lowest BCUT2D eigenvalue weighted by atomic mass is 10.1. The fraction of sp³-hybridized carbons (Fsp3) is 0.200. The van der Waals surface area contributed by atoms with E-state index >= 15 is 0 Å². The summed E-state index contributed by atoms with van der Waals surface area (Å²) < 4.78 is 0. The van der Waals surface area contributed by atoms with Crippen molar-refractivity contribution in [1.29, 1.82) is 0 Å². The third-order valence-electron chi connectivity index (χ3n) is 1.69. The molecule has 0 aliphatic carbocycles. The molecular weight excluding hydrogens is 180 g/mol. The van der Waals surface area contributed by atoms with Gasteiger partial charge in [-0.2, -0.15) is 0 Å². The van der Waals surface area contributed by atoms with Crippen molar-refractivity contribution >= 4 is 13.1 Å². The van der Waals surface area contributed by atoms with Gasteiger partial charge in [-0.25, -0.2) is 5.48 Å². The Morgan fingerprint density at radius 1 is 1.36 bits per heavy atom. The zero-order valence-electron chi connectivity index (χ0n) is 7.77. The van der Waals surface area contributed by atoms with Gasteiger partial charge in [0.15, 0.2) is 0 Å². The van der Waals surface area contributed by atoms with Crippen LogP contribution >= 0.6 is 0 Å². The predicted molar refractivity (Wildman–Crippen MR) is 53.7 cm³/mol. The minimum atomic E-state index is 0.362. The first-order chi connectivity index (χ1) is 6.86. The largest absolute Gasteiger partial charge is 0.296 e. The van der Waals surface area contributed by atoms with Crippen LogP contribution in [0.3, 0.4) is 0 Å². The molecule has 0 unspecified atom stereocenters. The van der Waals surface area contributed by atoms with Gasteiger partial charge in [0.1, 0.15) is 0 Å². The second-order valence-corrected chi connectivity index (χ2v) is 2.72. The first-order valence-electron chi connectivity index (χ1n) is 4.18. The van der Waals surface area contributed by atoms with Crippen molar-refractivity contribution in [3.05, 3.63) is 35.4 Å². The summed E-state index contributed by atoms with van der Waals surface area (Å²) in [6, 6.07) is 7.75. The average Bonchev–Trinajstić information content (AvgIpc) is 2.21. The minimum absolute atomic E-state index is 0.362. The van der Waals surface area contributed by atoms with Crippen LogP contribution in [0, 0.1) is 0 Å². The number of aliphatic imine (C=N–C) groups is 1. The van der Waals surface area contributed by atoms with Gasteiger partial charge in [0.05, 0.1) is 13.2 Å². The lowest BCUT2D eigenvalue weighted by molar-refractivity contribution is -0.121. The zero-order chi connectivity index (χ0) is 10.2. The zero-order valence-corrected chi connectivity index (χ0v) is 7.77. The lowest BCUT2D eigenvalue weighted by Crippen LogP contribution is -2.10. The van der Waals surface area contributed by atoms with E-state index in [1.165, 1.54) is 0 Å². The minimum Gasteiger partial charge on any atom is -0.296 e. The van der Waals surface area contributed by atoms with Crippen molar-refractivity contribution in [2.45, 2.75) is 13.2 Å². The first kappa shape index (κ1) is 10.4. The van der Waals surface area contributed by atoms with E-state index in [1.54, 1.807) is 0 Å². The summed E-state index contributed by atoms with van der Waals surface area (Å²) in [6.45, 7) is 4.40. The maximum atomic E-state index is 9.88. The molecule has 14 heavy (non-hydrogen) atoms. The maximum Gasteiger partial charge on any atom is 0.230 e. The van der Waals surface area contributed by atoms with Gasteiger partial charge in [-0.15, -0.1) is 0 Å². The van der Waals surface area contributed by atoms with E-state index in [4.69, 9.17) is 4.84 Å². The van der Waals surface area contributed by atoms with Crippen molar-refractivity contribution in [3.63, 3.8) is 0 Å². The van der Waals surface area contributed by atoms with E-state index in [0.29, 0.717) is 19.6 Å². The van der Waals surface area contributed by atoms with Crippen molar-refractivity contribution in [2.75, 3.05) is 0 Å². The molecule has 4 nitrogen and oxygen atoms in total. The Hall–Kier alpha value is -1.68. The molecule has 0 heterocycles. The highest BCUT2D eigenvalue weighted by Gasteiger charge is 1.93. The molecular formula is C10H12N2O2. The van der Waals surface area contributed by atoms with E-state index in [0.717, 1.165) is 11.1 Å². The second kappa shape index (κ2) is 5.88. The van der Waals surface area contributed by atoms with Gasteiger partial charge in [-0.05, 0) is 17.8 Å². The third-order valence-corrected chi connectivity index (χ3v) is 1.69. The standard InChI is InChI=1S/C10H12N2O2/c1-11-6-9-2-4-10(5-3-9)7-14-12-8-13/h2-5,8H,1,6-7H2,(H,12,13). The fourth-order valence-electron chi connectivity index (χ4n) is 1.03. The number of hydrogen-bond acceptors (Lipinski definition) is 3. The summed E-state index contributed by atoms with van der Waals surface area (Å²) in [5.74, 6) is 0. The van der Waals surface area contributed by atoms with Crippen molar-refractivity contribution in [1.82, 2.24) is 5.48 Å². The summed E-state index contributed by atoms with van der Waals surface area (Å²) in [6.07, 6.45) is 0.496. The van der Waals surface area contributed by atoms with Crippen molar-refractivity contribution < 1.29 is 9.63 Å². The number of carbonyl (C=O) groups is 1. The molecule has 1 aromatic carbocycles. The molecule has 0 bridgehead atoms. The number of amides is 1. The van der Waals surface area contributed by atoms with E-state index in [9.17, 15) is 4.79 Å². The topological polar surface area (TPSA) is 50.7 Å². The molecule has 1 N–H and O–H groups in total. The summed E-state index contributed by atoms with van der Waals surface area (Å²) in [5.41, 5.74) is 4.22. The fourth-order valence-corrected chi connectivity index (χ4v) is 1.03. The summed E-state index contributed by atoms with van der Waals surface area (Å²) >= 11 is 0. The summed E-state index contributed by atoms with van der Waals surface area (Å²) in [7, 11) is 0. The van der Waals surface area contributed by atoms with Gasteiger partial charge in [0, 0.05) is 0 Å². The predicted octanol–water partition coefficient (Wildman–Crippen LogP) is 1.06. The van der Waals surface area contributed by atoms with Gasteiger partial charge in [0.25, 0.3) is 0 Å². The Labute approximate surface area is 82.6 Å². The Morgan fingerprint density at radius 2 is 2.00 bits per heavy atom. The molecule has 4 heteroatoms. The van der Waals surface area contributed by atoms with Crippen LogP contribution in [0.15, 0.2) is 29.3 Å². The number of benzene rings is 1. The number of nitrogens with one attached hydrogen (secondary N) is 1. The van der Waals surface area contributed by atoms with Crippen LogP contribution in [-0.4, -0.2) is 13.1 Å². The molecule has 74 valence electrons. The van der Waals surface area contributed by atoms with E-state index in [-0.39, 0.29) is 0 Å². The van der Waals surface area contributed by atoms with Gasteiger partial charge >= 0.3 is 0 Å². The molecule has 0 spiro atoms. The van der Waals surface area contributed by atoms with Crippen LogP contribution in [0.4, 0.5) is 0 Å². The highest BCUT2D eigenvalue weighted by atomic mass is 16.6. The number of carbonyl (C=O) groups excluding carboxylic acids is 1. The molecule has 0 fully saturated rings. The molecule has 0 aromatic heterocycles. The Balaban J connectivity index is 2.46. The summed E-state index contributed by atoms with van der Waals surface area (Å²) in [4.78, 5) is 18.5. The summed E-state index contributed by atoms with van der Waals surface area (Å²) in [5, 5.41) is 0. The van der Waals surface area contributed by atoms with Gasteiger partial charge in [0.2, 0.25) is 6.41 Å². The molecule has 0 aliphatic rings. The number of nitrogens with zero attached hydrogens (tertiary/aromatic N) is 1. The van der Waals surface area contributed by atoms with E-state index < -0.39 is 0 Å². The monoisotopic (exact) mass is 192 g/mol. The first-order valence-corrected chi connectivity index (χ1v) is 4.18. The molecule has 0 aliphatic heterocycles. The number of hydrogen-bond donors (Lipinski definition) is 1.